The van der Waals surface area contributed by atoms with Crippen LogP contribution in [0.3, 0.4) is 0 Å². The number of amidine groups is 1. The van der Waals surface area contributed by atoms with Crippen LogP contribution >= 0.6 is 11.8 Å². The molecule has 1 atom stereocenters. The molecular weight excluding hydrogens is 382 g/mol. The van der Waals surface area contributed by atoms with Crippen LogP contribution in [0.5, 0.6) is 0 Å². The molecule has 1 saturated heterocycles. The Labute approximate surface area is 175 Å². The van der Waals surface area contributed by atoms with Crippen molar-refractivity contribution in [3.63, 3.8) is 0 Å². The van der Waals surface area contributed by atoms with E-state index >= 15 is 0 Å². The molecule has 6 heteroatoms. The van der Waals surface area contributed by atoms with E-state index in [1.165, 1.54) is 22.9 Å². The Bertz CT molecular complexity index is 980. The Morgan fingerprint density at radius 1 is 1.10 bits per heavy atom. The average Bonchev–Trinajstić information content (AvgIpc) is 3.46. The lowest BCUT2D eigenvalue weighted by Gasteiger charge is -2.15. The summed E-state index contributed by atoms with van der Waals surface area (Å²) in [6.45, 7) is 6.13. The van der Waals surface area contributed by atoms with Gasteiger partial charge < -0.3 is 5.32 Å². The van der Waals surface area contributed by atoms with Gasteiger partial charge in [-0.1, -0.05) is 35.5 Å². The highest BCUT2D eigenvalue weighted by molar-refractivity contribution is 8.15. The highest BCUT2D eigenvalue weighted by Crippen LogP contribution is 2.39. The minimum absolute atomic E-state index is 0.000797. The smallest absolute Gasteiger partial charge is 0.242 e. The van der Waals surface area contributed by atoms with Gasteiger partial charge in [0.25, 0.3) is 0 Å². The van der Waals surface area contributed by atoms with E-state index in [1.54, 1.807) is 0 Å². The van der Waals surface area contributed by atoms with Gasteiger partial charge in [-0.3, -0.25) is 14.5 Å². The third kappa shape index (κ3) is 4.53. The quantitative estimate of drug-likeness (QED) is 0.779. The first kappa shape index (κ1) is 19.7. The summed E-state index contributed by atoms with van der Waals surface area (Å²) >= 11 is 1.41. The van der Waals surface area contributed by atoms with Crippen molar-refractivity contribution in [1.29, 1.82) is 0 Å². The molecule has 29 heavy (non-hydrogen) atoms. The Balaban J connectivity index is 1.49. The number of nitrogens with zero attached hydrogens (tertiary/aromatic N) is 2. The summed E-state index contributed by atoms with van der Waals surface area (Å²) in [6.07, 6.45) is 2.15. The predicted molar refractivity (Wildman–Crippen MR) is 119 cm³/mol. The number of carbonyl (C=O) groups excluding carboxylic acids is 2. The second-order valence-corrected chi connectivity index (χ2v) is 9.00. The molecule has 5 nitrogen and oxygen atoms in total. The summed E-state index contributed by atoms with van der Waals surface area (Å²) in [5, 5.41) is 3.18. The zero-order valence-electron chi connectivity index (χ0n) is 16.9. The fourth-order valence-electron chi connectivity index (χ4n) is 3.28. The Morgan fingerprint density at radius 3 is 2.48 bits per heavy atom. The van der Waals surface area contributed by atoms with E-state index in [0.29, 0.717) is 5.17 Å². The van der Waals surface area contributed by atoms with E-state index in [2.05, 4.69) is 19.2 Å². The molecule has 0 bridgehead atoms. The van der Waals surface area contributed by atoms with Crippen molar-refractivity contribution < 1.29 is 9.59 Å². The van der Waals surface area contributed by atoms with E-state index in [9.17, 15) is 9.59 Å². The van der Waals surface area contributed by atoms with Crippen molar-refractivity contribution >= 4 is 40.1 Å². The molecule has 1 heterocycles. The first-order valence-corrected chi connectivity index (χ1v) is 10.8. The number of amides is 2. The third-order valence-electron chi connectivity index (χ3n) is 5.30. The van der Waals surface area contributed by atoms with Crippen LogP contribution in [0.15, 0.2) is 47.5 Å². The number of rotatable bonds is 5. The predicted octanol–water partition coefficient (Wildman–Crippen LogP) is 4.73. The zero-order chi connectivity index (χ0) is 20.5. The zero-order valence-corrected chi connectivity index (χ0v) is 17.8. The summed E-state index contributed by atoms with van der Waals surface area (Å²) in [5.41, 5.74) is 5.12. The summed E-state index contributed by atoms with van der Waals surface area (Å²) in [5.74, 6) is -0.151. The van der Waals surface area contributed by atoms with Gasteiger partial charge in [0, 0.05) is 18.2 Å². The van der Waals surface area contributed by atoms with Crippen LogP contribution in [0.2, 0.25) is 0 Å². The lowest BCUT2D eigenvalue weighted by atomic mass is 10.1. The van der Waals surface area contributed by atoms with E-state index in [-0.39, 0.29) is 24.3 Å². The summed E-state index contributed by atoms with van der Waals surface area (Å²) in [7, 11) is 0. The maximum Gasteiger partial charge on any atom is 0.242 e. The molecule has 2 aromatic rings. The van der Waals surface area contributed by atoms with Gasteiger partial charge in [0.15, 0.2) is 5.17 Å². The van der Waals surface area contributed by atoms with Crippen molar-refractivity contribution in [2.24, 2.45) is 4.99 Å². The molecule has 0 spiro atoms. The van der Waals surface area contributed by atoms with E-state index < -0.39 is 5.25 Å². The lowest BCUT2D eigenvalue weighted by molar-refractivity contribution is -0.128. The minimum atomic E-state index is -0.425. The molecule has 0 unspecified atom stereocenters. The van der Waals surface area contributed by atoms with Gasteiger partial charge in [-0.2, -0.15) is 0 Å². The van der Waals surface area contributed by atoms with Crippen LogP contribution in [-0.4, -0.2) is 33.2 Å². The molecule has 1 aliphatic carbocycles. The molecule has 2 amide bonds. The van der Waals surface area contributed by atoms with Crippen LogP contribution in [-0.2, 0) is 9.59 Å². The second-order valence-electron chi connectivity index (χ2n) is 7.83. The average molecular weight is 408 g/mol. The van der Waals surface area contributed by atoms with Crippen LogP contribution in [0.4, 0.5) is 11.4 Å². The molecule has 150 valence electrons. The number of nitrogens with one attached hydrogen (secondary N) is 1. The van der Waals surface area contributed by atoms with Crippen molar-refractivity contribution in [2.45, 2.75) is 51.3 Å². The number of aryl methyl sites for hydroxylation is 3. The maximum absolute atomic E-state index is 13.0. The molecule has 0 radical (unpaired) electrons. The first-order chi connectivity index (χ1) is 13.9. The normalized spacial score (nSPS) is 20.4. The van der Waals surface area contributed by atoms with Gasteiger partial charge in [0.05, 0.1) is 5.69 Å². The van der Waals surface area contributed by atoms with E-state index in [0.717, 1.165) is 29.8 Å². The third-order valence-corrected chi connectivity index (χ3v) is 6.45. The van der Waals surface area contributed by atoms with Crippen LogP contribution < -0.4 is 5.32 Å². The van der Waals surface area contributed by atoms with Gasteiger partial charge in [-0.15, -0.1) is 0 Å². The molecule has 2 aromatic carbocycles. The van der Waals surface area contributed by atoms with Gasteiger partial charge in [-0.05, 0) is 69.0 Å². The van der Waals surface area contributed by atoms with Gasteiger partial charge in [0.2, 0.25) is 11.8 Å². The number of hydrogen-bond acceptors (Lipinski definition) is 4. The number of thioether (sulfide) groups is 1. The maximum atomic E-state index is 13.0. The minimum Gasteiger partial charge on any atom is -0.326 e. The fraction of sp³-hybridized carbons (Fsp3) is 0.348. The molecule has 1 N–H and O–H groups in total. The monoisotopic (exact) mass is 407 g/mol. The standard InChI is InChI=1S/C23H25N3O2S/c1-14-4-7-17(8-5-14)24-21(27)13-20-22(28)26(19-10-11-19)23(29-20)25-18-9-6-15(2)16(3)12-18/h4-9,12,19-20H,10-11,13H2,1-3H3,(H,24,27)/t20-/m1/s1. The summed E-state index contributed by atoms with van der Waals surface area (Å²) in [6, 6.07) is 13.9. The first-order valence-electron chi connectivity index (χ1n) is 9.93. The Hall–Kier alpha value is -2.60. The number of aliphatic imine (C=N–C) groups is 1. The Morgan fingerprint density at radius 2 is 1.83 bits per heavy atom. The van der Waals surface area contributed by atoms with E-state index in [1.807, 2.05) is 54.3 Å². The highest BCUT2D eigenvalue weighted by Gasteiger charge is 2.46. The second kappa shape index (κ2) is 8.03. The van der Waals surface area contributed by atoms with Crippen molar-refractivity contribution in [2.75, 3.05) is 5.32 Å². The molecule has 2 aliphatic rings. The lowest BCUT2D eigenvalue weighted by Crippen LogP contribution is -2.35. The number of benzene rings is 2. The molecule has 4 rings (SSSR count). The summed E-state index contributed by atoms with van der Waals surface area (Å²) < 4.78 is 0. The number of hydrogen-bond donors (Lipinski definition) is 1. The molecular formula is C23H25N3O2S. The summed E-state index contributed by atoms with van der Waals surface area (Å²) in [4.78, 5) is 32.1. The van der Waals surface area contributed by atoms with Gasteiger partial charge in [-0.25, -0.2) is 4.99 Å². The molecule has 0 aromatic heterocycles. The van der Waals surface area contributed by atoms with Crippen LogP contribution in [0.1, 0.15) is 36.0 Å². The molecule has 2 fully saturated rings. The molecule has 1 saturated carbocycles. The topological polar surface area (TPSA) is 61.8 Å². The van der Waals surface area contributed by atoms with Gasteiger partial charge >= 0.3 is 0 Å². The van der Waals surface area contributed by atoms with Crippen LogP contribution in [0.25, 0.3) is 0 Å². The highest BCUT2D eigenvalue weighted by atomic mass is 32.2. The van der Waals surface area contributed by atoms with Crippen molar-refractivity contribution in [3.8, 4) is 0 Å². The number of carbonyl (C=O) groups is 2. The fourth-order valence-corrected chi connectivity index (χ4v) is 4.50. The van der Waals surface area contributed by atoms with Crippen molar-refractivity contribution in [1.82, 2.24) is 4.90 Å². The van der Waals surface area contributed by atoms with Crippen LogP contribution in [0, 0.1) is 20.8 Å². The largest absolute Gasteiger partial charge is 0.326 e. The van der Waals surface area contributed by atoms with Gasteiger partial charge in [0.1, 0.15) is 5.25 Å². The number of anilines is 1. The Kier molecular flexibility index (Phi) is 5.46. The van der Waals surface area contributed by atoms with E-state index in [4.69, 9.17) is 4.99 Å². The SMILES string of the molecule is Cc1ccc(NC(=O)C[C@H]2SC(=Nc3ccc(C)c(C)c3)N(C3CC3)C2=O)cc1. The molecule has 1 aliphatic heterocycles. The van der Waals surface area contributed by atoms with Crippen molar-refractivity contribution in [3.05, 3.63) is 59.2 Å².